The third-order valence-corrected chi connectivity index (χ3v) is 6.12. The zero-order valence-electron chi connectivity index (χ0n) is 20.5. The van der Waals surface area contributed by atoms with Crippen molar-refractivity contribution in [2.45, 2.75) is 51.0 Å². The molecule has 0 aliphatic carbocycles. The van der Waals surface area contributed by atoms with Crippen LogP contribution in [0.2, 0.25) is 5.02 Å². The normalized spacial score (nSPS) is 14.8. The summed E-state index contributed by atoms with van der Waals surface area (Å²) in [5, 5.41) is 28.0. The van der Waals surface area contributed by atoms with Gasteiger partial charge < -0.3 is 25.6 Å². The molecule has 0 saturated heterocycles. The molecule has 5 nitrogen and oxygen atoms in total. The van der Waals surface area contributed by atoms with E-state index >= 15 is 0 Å². The van der Waals surface area contributed by atoms with Gasteiger partial charge in [0.15, 0.2) is 0 Å². The van der Waals surface area contributed by atoms with Crippen LogP contribution in [0.1, 0.15) is 36.6 Å². The van der Waals surface area contributed by atoms with Crippen LogP contribution in [0.5, 0.6) is 5.75 Å². The van der Waals surface area contributed by atoms with E-state index in [9.17, 15) is 10.2 Å². The van der Waals surface area contributed by atoms with Gasteiger partial charge in [-0.15, -0.1) is 0 Å². The lowest BCUT2D eigenvalue weighted by molar-refractivity contribution is 0.104. The summed E-state index contributed by atoms with van der Waals surface area (Å²) in [4.78, 5) is 0. The zero-order chi connectivity index (χ0) is 25.0. The van der Waals surface area contributed by atoms with Crippen molar-refractivity contribution in [3.63, 3.8) is 0 Å². The molecule has 6 heteroatoms. The van der Waals surface area contributed by atoms with Crippen LogP contribution in [0.15, 0.2) is 78.9 Å². The molecule has 0 saturated carbocycles. The second-order valence-corrected chi connectivity index (χ2v) is 9.63. The van der Waals surface area contributed by atoms with Gasteiger partial charge in [-0.05, 0) is 67.6 Å². The quantitative estimate of drug-likeness (QED) is 0.263. The van der Waals surface area contributed by atoms with Gasteiger partial charge in [0.2, 0.25) is 0 Å². The molecule has 35 heavy (non-hydrogen) atoms. The molecule has 0 unspecified atom stereocenters. The summed E-state index contributed by atoms with van der Waals surface area (Å²) in [6.45, 7) is 5.47. The second kappa shape index (κ2) is 14.2. The van der Waals surface area contributed by atoms with Crippen molar-refractivity contribution in [2.24, 2.45) is 0 Å². The minimum atomic E-state index is -0.587. The first kappa shape index (κ1) is 27.2. The van der Waals surface area contributed by atoms with E-state index < -0.39 is 12.2 Å². The summed E-state index contributed by atoms with van der Waals surface area (Å²) >= 11 is 6.02. The van der Waals surface area contributed by atoms with Crippen molar-refractivity contribution in [1.29, 1.82) is 0 Å². The highest BCUT2D eigenvalue weighted by molar-refractivity contribution is 6.30. The van der Waals surface area contributed by atoms with Crippen LogP contribution in [-0.4, -0.2) is 48.1 Å². The Morgan fingerprint density at radius 2 is 1.37 bits per heavy atom. The average molecular weight is 497 g/mol. The molecule has 0 amide bonds. The molecule has 0 radical (unpaired) electrons. The summed E-state index contributed by atoms with van der Waals surface area (Å²) in [7, 11) is 0. The van der Waals surface area contributed by atoms with E-state index in [1.807, 2.05) is 42.5 Å². The number of aliphatic hydroxyl groups excluding tert-OH is 2. The van der Waals surface area contributed by atoms with Crippen molar-refractivity contribution in [1.82, 2.24) is 10.6 Å². The van der Waals surface area contributed by atoms with E-state index in [2.05, 4.69) is 48.7 Å². The van der Waals surface area contributed by atoms with Gasteiger partial charge in [-0.25, -0.2) is 0 Å². The van der Waals surface area contributed by atoms with Gasteiger partial charge in [0.1, 0.15) is 18.5 Å². The first-order valence-corrected chi connectivity index (χ1v) is 12.6. The Kier molecular flexibility index (Phi) is 11.0. The number of hydrogen-bond acceptors (Lipinski definition) is 5. The van der Waals surface area contributed by atoms with Crippen molar-refractivity contribution < 1.29 is 14.9 Å². The topological polar surface area (TPSA) is 73.8 Å². The molecule has 3 rings (SSSR count). The molecule has 4 atom stereocenters. The van der Waals surface area contributed by atoms with Gasteiger partial charge in [-0.2, -0.15) is 0 Å². The van der Waals surface area contributed by atoms with E-state index in [-0.39, 0.29) is 18.7 Å². The Labute approximate surface area is 214 Å². The monoisotopic (exact) mass is 496 g/mol. The van der Waals surface area contributed by atoms with Crippen molar-refractivity contribution in [2.75, 3.05) is 19.7 Å². The molecule has 0 aliphatic rings. The maximum atomic E-state index is 10.4. The third kappa shape index (κ3) is 10.0. The molecule has 3 aromatic rings. The van der Waals surface area contributed by atoms with Gasteiger partial charge in [0.25, 0.3) is 0 Å². The molecule has 0 spiro atoms. The minimum Gasteiger partial charge on any atom is -0.491 e. The smallest absolute Gasteiger partial charge is 0.119 e. The van der Waals surface area contributed by atoms with Crippen molar-refractivity contribution in [3.05, 3.63) is 101 Å². The van der Waals surface area contributed by atoms with E-state index in [0.29, 0.717) is 18.1 Å². The standard InChI is InChI=1S/C29H37ClN2O3/c1-21(31-18-27(33)20-35-28-9-4-3-5-10-28)15-23-11-13-24(14-12-23)16-22(2)32-19-29(34)25-7-6-8-26(30)17-25/h3-14,17,21-22,27,29,31-34H,15-16,18-20H2,1-2H3/t21-,22-,27+,29+/m1/s1. The van der Waals surface area contributed by atoms with Gasteiger partial charge in [-0.3, -0.25) is 0 Å². The Morgan fingerprint density at radius 3 is 1.97 bits per heavy atom. The molecule has 0 heterocycles. The van der Waals surface area contributed by atoms with E-state index in [1.165, 1.54) is 11.1 Å². The van der Waals surface area contributed by atoms with Crippen LogP contribution >= 0.6 is 11.6 Å². The Morgan fingerprint density at radius 1 is 0.771 bits per heavy atom. The van der Waals surface area contributed by atoms with Crippen molar-refractivity contribution >= 4 is 11.6 Å². The largest absolute Gasteiger partial charge is 0.491 e. The lowest BCUT2D eigenvalue weighted by Gasteiger charge is -2.19. The summed E-state index contributed by atoms with van der Waals surface area (Å²) in [5.74, 6) is 0.765. The molecule has 0 aliphatic heterocycles. The van der Waals surface area contributed by atoms with Crippen molar-refractivity contribution in [3.8, 4) is 5.75 Å². The number of halogens is 1. The molecule has 4 N–H and O–H groups in total. The zero-order valence-corrected chi connectivity index (χ0v) is 21.3. The molecular weight excluding hydrogens is 460 g/mol. The summed E-state index contributed by atoms with van der Waals surface area (Å²) in [6, 6.07) is 26.0. The SMILES string of the molecule is C[C@H](Cc1ccc(C[C@@H](C)NC[C@H](O)c2cccc(Cl)c2)cc1)NC[C@H](O)COc1ccccc1. The molecule has 3 aromatic carbocycles. The van der Waals surface area contributed by atoms with Gasteiger partial charge in [0.05, 0.1) is 6.10 Å². The number of para-hydroxylation sites is 1. The van der Waals surface area contributed by atoms with E-state index in [1.54, 1.807) is 12.1 Å². The Balaban J connectivity index is 1.34. The highest BCUT2D eigenvalue weighted by Crippen LogP contribution is 2.17. The van der Waals surface area contributed by atoms with E-state index in [0.717, 1.165) is 24.2 Å². The summed E-state index contributed by atoms with van der Waals surface area (Å²) in [5.41, 5.74) is 3.32. The van der Waals surface area contributed by atoms with Crippen LogP contribution in [0, 0.1) is 0 Å². The van der Waals surface area contributed by atoms with Gasteiger partial charge >= 0.3 is 0 Å². The lowest BCUT2D eigenvalue weighted by Crippen LogP contribution is -2.37. The van der Waals surface area contributed by atoms with Gasteiger partial charge in [0, 0.05) is 30.2 Å². The first-order valence-electron chi connectivity index (χ1n) is 12.2. The minimum absolute atomic E-state index is 0.231. The fourth-order valence-corrected chi connectivity index (χ4v) is 4.11. The highest BCUT2D eigenvalue weighted by Gasteiger charge is 2.12. The van der Waals surface area contributed by atoms with Crippen LogP contribution in [0.4, 0.5) is 0 Å². The first-order chi connectivity index (χ1) is 16.9. The third-order valence-electron chi connectivity index (χ3n) is 5.89. The number of hydrogen-bond donors (Lipinski definition) is 4. The average Bonchev–Trinajstić information content (AvgIpc) is 2.86. The maximum absolute atomic E-state index is 10.4. The molecular formula is C29H37ClN2O3. The number of ether oxygens (including phenoxy) is 1. The van der Waals surface area contributed by atoms with E-state index in [4.69, 9.17) is 16.3 Å². The van der Waals surface area contributed by atoms with Gasteiger partial charge in [-0.1, -0.05) is 66.2 Å². The lowest BCUT2D eigenvalue weighted by atomic mass is 10.0. The fraction of sp³-hybridized carbons (Fsp3) is 0.379. The molecule has 188 valence electrons. The predicted molar refractivity (Wildman–Crippen MR) is 143 cm³/mol. The highest BCUT2D eigenvalue weighted by atomic mass is 35.5. The van der Waals surface area contributed by atoms with Crippen LogP contribution in [-0.2, 0) is 12.8 Å². The molecule has 0 bridgehead atoms. The van der Waals surface area contributed by atoms with Crippen LogP contribution < -0.4 is 15.4 Å². The van der Waals surface area contributed by atoms with Crippen LogP contribution in [0.3, 0.4) is 0 Å². The fourth-order valence-electron chi connectivity index (χ4n) is 3.91. The molecule has 0 aromatic heterocycles. The number of nitrogens with one attached hydrogen (secondary N) is 2. The Bertz CT molecular complexity index is 1000. The summed E-state index contributed by atoms with van der Waals surface area (Å²) in [6.07, 6.45) is 0.609. The molecule has 0 fully saturated rings. The summed E-state index contributed by atoms with van der Waals surface area (Å²) < 4.78 is 5.61. The maximum Gasteiger partial charge on any atom is 0.119 e. The number of aliphatic hydroxyl groups is 2. The number of rotatable bonds is 14. The van der Waals surface area contributed by atoms with Crippen LogP contribution in [0.25, 0.3) is 0 Å². The second-order valence-electron chi connectivity index (χ2n) is 9.19. The number of benzene rings is 3. The predicted octanol–water partition coefficient (Wildman–Crippen LogP) is 4.55. The Hall–Kier alpha value is -2.41.